The number of anilines is 1. The summed E-state index contributed by atoms with van der Waals surface area (Å²) in [5, 5.41) is 0. The summed E-state index contributed by atoms with van der Waals surface area (Å²) in [7, 11) is 2.26. The van der Waals surface area contributed by atoms with Crippen molar-refractivity contribution in [2.24, 2.45) is 5.73 Å². The Morgan fingerprint density at radius 3 is 2.14 bits per heavy atom. The summed E-state index contributed by atoms with van der Waals surface area (Å²) in [5.41, 5.74) is 8.77. The molecule has 0 radical (unpaired) electrons. The van der Waals surface area contributed by atoms with Crippen LogP contribution in [0.4, 0.5) is 5.69 Å². The molecule has 1 unspecified atom stereocenters. The molecule has 1 aromatic carbocycles. The van der Waals surface area contributed by atoms with Gasteiger partial charge in [0.05, 0.1) is 0 Å². The van der Waals surface area contributed by atoms with E-state index in [0.29, 0.717) is 18.6 Å². The average molecular weight is 303 g/mol. The first-order chi connectivity index (χ1) is 10.7. The third kappa shape index (κ3) is 4.02. The molecule has 1 atom stereocenters. The first kappa shape index (κ1) is 17.3. The Kier molecular flexibility index (Phi) is 6.71. The largest absolute Gasteiger partial charge is 0.372 e. The second-order valence-corrected chi connectivity index (χ2v) is 6.47. The fourth-order valence-corrected chi connectivity index (χ4v) is 3.78. The molecule has 3 nitrogen and oxygen atoms in total. The summed E-state index contributed by atoms with van der Waals surface area (Å²) in [6.45, 7) is 7.21. The van der Waals surface area contributed by atoms with Crippen LogP contribution < -0.4 is 10.6 Å². The van der Waals surface area contributed by atoms with Crippen molar-refractivity contribution in [2.45, 2.75) is 58.0 Å². The van der Waals surface area contributed by atoms with Crippen molar-refractivity contribution in [1.29, 1.82) is 0 Å². The Hall–Kier alpha value is -1.06. The number of hydrogen-bond donors (Lipinski definition) is 1. The summed E-state index contributed by atoms with van der Waals surface area (Å²) in [6, 6.07) is 10.1. The van der Waals surface area contributed by atoms with E-state index in [1.807, 2.05) is 0 Å². The Morgan fingerprint density at radius 1 is 1.05 bits per heavy atom. The molecule has 1 saturated carbocycles. The lowest BCUT2D eigenvalue weighted by Crippen LogP contribution is -2.39. The van der Waals surface area contributed by atoms with Crippen molar-refractivity contribution in [2.75, 3.05) is 31.6 Å². The minimum atomic E-state index is 0.342. The number of likely N-dealkylation sites (N-methyl/N-ethyl adjacent to an activating group) is 1. The van der Waals surface area contributed by atoms with Crippen molar-refractivity contribution in [3.63, 3.8) is 0 Å². The molecule has 0 bridgehead atoms. The quantitative estimate of drug-likeness (QED) is 0.831. The molecule has 3 heteroatoms. The van der Waals surface area contributed by atoms with Gasteiger partial charge in [-0.3, -0.25) is 4.90 Å². The molecule has 1 aliphatic carbocycles. The van der Waals surface area contributed by atoms with Crippen LogP contribution in [0.25, 0.3) is 0 Å². The number of nitrogens with zero attached hydrogens (tertiary/aromatic N) is 2. The zero-order valence-electron chi connectivity index (χ0n) is 14.6. The molecule has 0 heterocycles. The highest BCUT2D eigenvalue weighted by Gasteiger charge is 2.24. The van der Waals surface area contributed by atoms with Gasteiger partial charge < -0.3 is 10.6 Å². The van der Waals surface area contributed by atoms with E-state index in [0.717, 1.165) is 13.1 Å². The maximum Gasteiger partial charge on any atom is 0.0470 e. The van der Waals surface area contributed by atoms with Gasteiger partial charge in [-0.1, -0.05) is 31.4 Å². The molecule has 0 saturated heterocycles. The number of benzene rings is 1. The third-order valence-corrected chi connectivity index (χ3v) is 5.27. The molecule has 124 valence electrons. The van der Waals surface area contributed by atoms with Gasteiger partial charge in [-0.25, -0.2) is 0 Å². The maximum absolute atomic E-state index is 6.11. The molecule has 1 aromatic rings. The standard InChI is InChI=1S/C19H33N3/c1-4-22(5-2)18-13-11-16(12-14-18)19(15-20)21(3)17-9-7-6-8-10-17/h11-14,17,19H,4-10,15,20H2,1-3H3. The fraction of sp³-hybridized carbons (Fsp3) is 0.684. The molecule has 2 N–H and O–H groups in total. The van der Waals surface area contributed by atoms with Crippen LogP contribution in [0.3, 0.4) is 0 Å². The molecule has 0 amide bonds. The Bertz CT molecular complexity index is 419. The lowest BCUT2D eigenvalue weighted by atomic mass is 9.92. The molecule has 0 spiro atoms. The van der Waals surface area contributed by atoms with Gasteiger partial charge in [0, 0.05) is 37.4 Å². The topological polar surface area (TPSA) is 32.5 Å². The van der Waals surface area contributed by atoms with Crippen LogP contribution in [-0.4, -0.2) is 37.6 Å². The second kappa shape index (κ2) is 8.54. The number of nitrogens with two attached hydrogens (primary N) is 1. The predicted molar refractivity (Wildman–Crippen MR) is 96.4 cm³/mol. The Morgan fingerprint density at radius 2 is 1.64 bits per heavy atom. The van der Waals surface area contributed by atoms with E-state index in [-0.39, 0.29) is 0 Å². The van der Waals surface area contributed by atoms with Gasteiger partial charge in [0.25, 0.3) is 0 Å². The monoisotopic (exact) mass is 303 g/mol. The van der Waals surface area contributed by atoms with Gasteiger partial charge in [-0.15, -0.1) is 0 Å². The second-order valence-electron chi connectivity index (χ2n) is 6.47. The molecule has 0 aliphatic heterocycles. The molecule has 1 aliphatic rings. The minimum absolute atomic E-state index is 0.342. The zero-order valence-corrected chi connectivity index (χ0v) is 14.6. The van der Waals surface area contributed by atoms with Crippen molar-refractivity contribution in [1.82, 2.24) is 4.90 Å². The highest BCUT2D eigenvalue weighted by Crippen LogP contribution is 2.29. The highest BCUT2D eigenvalue weighted by atomic mass is 15.2. The lowest BCUT2D eigenvalue weighted by molar-refractivity contribution is 0.141. The van der Waals surface area contributed by atoms with Gasteiger partial charge in [0.1, 0.15) is 0 Å². The van der Waals surface area contributed by atoms with Crippen molar-refractivity contribution >= 4 is 5.69 Å². The Labute approximate surface area is 136 Å². The van der Waals surface area contributed by atoms with E-state index < -0.39 is 0 Å². The summed E-state index contributed by atoms with van der Waals surface area (Å²) in [4.78, 5) is 4.90. The van der Waals surface area contributed by atoms with E-state index in [9.17, 15) is 0 Å². The van der Waals surface area contributed by atoms with Gasteiger partial charge in [0.2, 0.25) is 0 Å². The Balaban J connectivity index is 2.09. The smallest absolute Gasteiger partial charge is 0.0470 e. The fourth-order valence-electron chi connectivity index (χ4n) is 3.78. The molecular weight excluding hydrogens is 270 g/mol. The first-order valence-corrected chi connectivity index (χ1v) is 8.98. The summed E-state index contributed by atoms with van der Waals surface area (Å²) in [5.74, 6) is 0. The molecule has 22 heavy (non-hydrogen) atoms. The van der Waals surface area contributed by atoms with Crippen molar-refractivity contribution < 1.29 is 0 Å². The third-order valence-electron chi connectivity index (χ3n) is 5.27. The van der Waals surface area contributed by atoms with Crippen LogP contribution in [-0.2, 0) is 0 Å². The number of rotatable bonds is 7. The number of hydrogen-bond acceptors (Lipinski definition) is 3. The van der Waals surface area contributed by atoms with Crippen LogP contribution in [0.2, 0.25) is 0 Å². The van der Waals surface area contributed by atoms with E-state index in [2.05, 4.69) is 55.0 Å². The summed E-state index contributed by atoms with van der Waals surface area (Å²) >= 11 is 0. The minimum Gasteiger partial charge on any atom is -0.372 e. The SMILES string of the molecule is CCN(CC)c1ccc(C(CN)N(C)C2CCCCC2)cc1. The van der Waals surface area contributed by atoms with Crippen molar-refractivity contribution in [3.05, 3.63) is 29.8 Å². The van der Waals surface area contributed by atoms with Gasteiger partial charge >= 0.3 is 0 Å². The van der Waals surface area contributed by atoms with Crippen LogP contribution in [0.1, 0.15) is 57.6 Å². The van der Waals surface area contributed by atoms with E-state index in [4.69, 9.17) is 5.73 Å². The normalized spacial score (nSPS) is 17.7. The highest BCUT2D eigenvalue weighted by molar-refractivity contribution is 5.47. The van der Waals surface area contributed by atoms with Crippen LogP contribution in [0.5, 0.6) is 0 Å². The van der Waals surface area contributed by atoms with E-state index in [1.54, 1.807) is 0 Å². The summed E-state index contributed by atoms with van der Waals surface area (Å²) in [6.07, 6.45) is 6.78. The first-order valence-electron chi connectivity index (χ1n) is 8.98. The van der Waals surface area contributed by atoms with Gasteiger partial charge in [-0.05, 0) is 51.4 Å². The summed E-state index contributed by atoms with van der Waals surface area (Å²) < 4.78 is 0. The van der Waals surface area contributed by atoms with Gasteiger partial charge in [-0.2, -0.15) is 0 Å². The molecule has 2 rings (SSSR count). The van der Waals surface area contributed by atoms with Crippen molar-refractivity contribution in [3.8, 4) is 0 Å². The van der Waals surface area contributed by atoms with Crippen LogP contribution in [0, 0.1) is 0 Å². The predicted octanol–water partition coefficient (Wildman–Crippen LogP) is 3.80. The average Bonchev–Trinajstić information content (AvgIpc) is 2.58. The molecule has 1 fully saturated rings. The van der Waals surface area contributed by atoms with Crippen LogP contribution in [0.15, 0.2) is 24.3 Å². The van der Waals surface area contributed by atoms with E-state index >= 15 is 0 Å². The van der Waals surface area contributed by atoms with Crippen LogP contribution >= 0.6 is 0 Å². The zero-order chi connectivity index (χ0) is 15.9. The van der Waals surface area contributed by atoms with E-state index in [1.165, 1.54) is 43.4 Å². The maximum atomic E-state index is 6.11. The van der Waals surface area contributed by atoms with Gasteiger partial charge in [0.15, 0.2) is 0 Å². The lowest BCUT2D eigenvalue weighted by Gasteiger charge is -2.37. The molecular formula is C19H33N3. The molecule has 0 aromatic heterocycles.